The van der Waals surface area contributed by atoms with Crippen molar-refractivity contribution in [1.82, 2.24) is 15.0 Å². The largest absolute Gasteiger partial charge is 0.311 e. The minimum atomic E-state index is -0.114. The van der Waals surface area contributed by atoms with Gasteiger partial charge < -0.3 is 10.4 Å². The maximum Gasteiger partial charge on any atom is 0.253 e. The van der Waals surface area contributed by atoms with Crippen molar-refractivity contribution in [3.05, 3.63) is 22.2 Å². The van der Waals surface area contributed by atoms with E-state index in [1.165, 1.54) is 25.3 Å². The van der Waals surface area contributed by atoms with E-state index >= 15 is 0 Å². The third-order valence-corrected chi connectivity index (χ3v) is 3.30. The molecule has 0 aromatic carbocycles. The van der Waals surface area contributed by atoms with Crippen LogP contribution in [0.2, 0.25) is 0 Å². The van der Waals surface area contributed by atoms with Crippen molar-refractivity contribution in [3.63, 3.8) is 0 Å². The molecule has 1 aromatic heterocycles. The Bertz CT molecular complexity index is 432. The van der Waals surface area contributed by atoms with Gasteiger partial charge in [-0.05, 0) is 33.6 Å². The number of hydrazine groups is 1. The second kappa shape index (κ2) is 4.87. The van der Waals surface area contributed by atoms with E-state index in [2.05, 4.69) is 34.3 Å². The molecule has 2 rings (SSSR count). The van der Waals surface area contributed by atoms with E-state index in [0.717, 1.165) is 0 Å². The van der Waals surface area contributed by atoms with Crippen LogP contribution in [0.3, 0.4) is 0 Å². The number of aryl methyl sites for hydroxylation is 1. The van der Waals surface area contributed by atoms with Crippen LogP contribution in [-0.2, 0) is 0 Å². The monoisotopic (exact) mass is 236 g/mol. The first kappa shape index (κ1) is 12.1. The van der Waals surface area contributed by atoms with Crippen LogP contribution in [0.4, 0.5) is 5.82 Å². The first-order chi connectivity index (χ1) is 8.06. The lowest BCUT2D eigenvalue weighted by Gasteiger charge is -2.39. The highest BCUT2D eigenvalue weighted by Gasteiger charge is 2.24. The number of rotatable bonds is 2. The van der Waals surface area contributed by atoms with Crippen molar-refractivity contribution < 1.29 is 0 Å². The molecule has 2 heterocycles. The zero-order valence-corrected chi connectivity index (χ0v) is 10.7. The molecule has 0 aliphatic carbocycles. The molecule has 1 aromatic rings. The molecule has 17 heavy (non-hydrogen) atoms. The number of H-pyrrole nitrogens is 1. The van der Waals surface area contributed by atoms with Crippen molar-refractivity contribution in [1.29, 1.82) is 0 Å². The Balaban J connectivity index is 2.16. The third-order valence-electron chi connectivity index (χ3n) is 3.30. The molecule has 2 atom stereocenters. The second-order valence-corrected chi connectivity index (χ2v) is 4.86. The zero-order chi connectivity index (χ0) is 12.4. The van der Waals surface area contributed by atoms with E-state index in [1.54, 1.807) is 6.92 Å². The molecule has 0 radical (unpaired) electrons. The Morgan fingerprint density at radius 3 is 2.65 bits per heavy atom. The third kappa shape index (κ3) is 2.85. The lowest BCUT2D eigenvalue weighted by atomic mass is 10.00. The fraction of sp³-hybridized carbons (Fsp3) is 0.667. The van der Waals surface area contributed by atoms with Crippen molar-refractivity contribution in [2.24, 2.45) is 0 Å². The number of aromatic nitrogens is 2. The summed E-state index contributed by atoms with van der Waals surface area (Å²) in [4.78, 5) is 18.3. The van der Waals surface area contributed by atoms with Crippen molar-refractivity contribution >= 4 is 5.82 Å². The average Bonchev–Trinajstić information content (AvgIpc) is 2.22. The molecule has 0 spiro atoms. The molecular formula is C12H20N4O. The quantitative estimate of drug-likeness (QED) is 0.820. The van der Waals surface area contributed by atoms with E-state index in [1.807, 2.05) is 0 Å². The predicted octanol–water partition coefficient (Wildman–Crippen LogP) is 1.67. The smallest absolute Gasteiger partial charge is 0.253 e. The first-order valence-electron chi connectivity index (χ1n) is 6.19. The molecule has 2 unspecified atom stereocenters. The lowest BCUT2D eigenvalue weighted by Crippen LogP contribution is -2.47. The molecule has 0 saturated carbocycles. The number of nitrogens with zero attached hydrogens (tertiary/aromatic N) is 2. The molecule has 94 valence electrons. The SMILES string of the molecule is Cc1nc(NN2C(C)CCCC2C)cc(=O)[nH]1. The summed E-state index contributed by atoms with van der Waals surface area (Å²) in [5.41, 5.74) is 3.15. The van der Waals surface area contributed by atoms with Gasteiger partial charge in [-0.25, -0.2) is 9.99 Å². The summed E-state index contributed by atoms with van der Waals surface area (Å²) in [7, 11) is 0. The molecule has 1 fully saturated rings. The normalized spacial score (nSPS) is 25.8. The molecular weight excluding hydrogens is 216 g/mol. The second-order valence-electron chi connectivity index (χ2n) is 4.86. The van der Waals surface area contributed by atoms with Crippen LogP contribution in [-0.4, -0.2) is 27.1 Å². The van der Waals surface area contributed by atoms with Gasteiger partial charge in [-0.2, -0.15) is 0 Å². The van der Waals surface area contributed by atoms with Crippen molar-refractivity contribution in [2.75, 3.05) is 5.43 Å². The molecule has 1 saturated heterocycles. The Morgan fingerprint density at radius 1 is 1.41 bits per heavy atom. The van der Waals surface area contributed by atoms with Gasteiger partial charge in [0.15, 0.2) is 0 Å². The number of anilines is 1. The molecule has 0 bridgehead atoms. The van der Waals surface area contributed by atoms with Crippen molar-refractivity contribution in [2.45, 2.75) is 52.1 Å². The van der Waals surface area contributed by atoms with Crippen LogP contribution in [0.1, 0.15) is 38.9 Å². The van der Waals surface area contributed by atoms with E-state index < -0.39 is 0 Å². The first-order valence-corrected chi connectivity index (χ1v) is 6.19. The van der Waals surface area contributed by atoms with Gasteiger partial charge in [-0.15, -0.1) is 0 Å². The summed E-state index contributed by atoms with van der Waals surface area (Å²) in [6.07, 6.45) is 3.63. The molecule has 1 aliphatic rings. The Labute approximate surface area is 101 Å². The van der Waals surface area contributed by atoms with Crippen LogP contribution in [0.5, 0.6) is 0 Å². The fourth-order valence-electron chi connectivity index (χ4n) is 2.41. The van der Waals surface area contributed by atoms with E-state index in [0.29, 0.717) is 23.7 Å². The number of aromatic amines is 1. The Morgan fingerprint density at radius 2 is 2.06 bits per heavy atom. The van der Waals surface area contributed by atoms with Crippen LogP contribution in [0.25, 0.3) is 0 Å². The molecule has 0 amide bonds. The molecule has 2 N–H and O–H groups in total. The number of nitrogens with one attached hydrogen (secondary N) is 2. The van der Waals surface area contributed by atoms with Gasteiger partial charge in [-0.3, -0.25) is 4.79 Å². The van der Waals surface area contributed by atoms with Crippen LogP contribution < -0.4 is 11.0 Å². The van der Waals surface area contributed by atoms with E-state index in [9.17, 15) is 4.79 Å². The van der Waals surface area contributed by atoms with Gasteiger partial charge in [0.25, 0.3) is 5.56 Å². The van der Waals surface area contributed by atoms with Crippen LogP contribution >= 0.6 is 0 Å². The Kier molecular flexibility index (Phi) is 3.47. The van der Waals surface area contributed by atoms with Gasteiger partial charge >= 0.3 is 0 Å². The highest BCUT2D eigenvalue weighted by molar-refractivity contribution is 5.31. The molecule has 5 heteroatoms. The topological polar surface area (TPSA) is 61.0 Å². The van der Waals surface area contributed by atoms with Gasteiger partial charge in [0.05, 0.1) is 0 Å². The van der Waals surface area contributed by atoms with Gasteiger partial charge in [0.2, 0.25) is 0 Å². The lowest BCUT2D eigenvalue weighted by molar-refractivity contribution is 0.135. The van der Waals surface area contributed by atoms with Crippen LogP contribution in [0, 0.1) is 6.92 Å². The zero-order valence-electron chi connectivity index (χ0n) is 10.7. The summed E-state index contributed by atoms with van der Waals surface area (Å²) >= 11 is 0. The minimum Gasteiger partial charge on any atom is -0.311 e. The van der Waals surface area contributed by atoms with Gasteiger partial charge in [0.1, 0.15) is 11.6 Å². The van der Waals surface area contributed by atoms with Crippen LogP contribution in [0.15, 0.2) is 10.9 Å². The van der Waals surface area contributed by atoms with E-state index in [4.69, 9.17) is 0 Å². The van der Waals surface area contributed by atoms with Gasteiger partial charge in [0, 0.05) is 18.2 Å². The van der Waals surface area contributed by atoms with Crippen molar-refractivity contribution in [3.8, 4) is 0 Å². The van der Waals surface area contributed by atoms with Gasteiger partial charge in [-0.1, -0.05) is 6.42 Å². The van der Waals surface area contributed by atoms with E-state index in [-0.39, 0.29) is 5.56 Å². The fourth-order valence-corrected chi connectivity index (χ4v) is 2.41. The predicted molar refractivity (Wildman–Crippen MR) is 67.8 cm³/mol. The molecule has 5 nitrogen and oxygen atoms in total. The standard InChI is InChI=1S/C12H20N4O/c1-8-5-4-6-9(2)16(8)15-11-7-12(17)14-10(3)13-11/h7-9H,4-6H2,1-3H3,(H2,13,14,15,17). The maximum absolute atomic E-state index is 11.4. The highest BCUT2D eigenvalue weighted by Crippen LogP contribution is 2.22. The summed E-state index contributed by atoms with van der Waals surface area (Å²) in [6.45, 7) is 6.18. The Hall–Kier alpha value is -1.36. The summed E-state index contributed by atoms with van der Waals surface area (Å²) < 4.78 is 0. The number of piperidine rings is 1. The molecule has 1 aliphatic heterocycles. The maximum atomic E-state index is 11.4. The highest BCUT2D eigenvalue weighted by atomic mass is 16.1. The minimum absolute atomic E-state index is 0.114. The summed E-state index contributed by atoms with van der Waals surface area (Å²) in [6, 6.07) is 2.45. The number of hydrogen-bond acceptors (Lipinski definition) is 4. The summed E-state index contributed by atoms with van der Waals surface area (Å²) in [5, 5.41) is 2.20. The number of hydrogen-bond donors (Lipinski definition) is 2. The summed E-state index contributed by atoms with van der Waals surface area (Å²) in [5.74, 6) is 1.27. The average molecular weight is 236 g/mol.